The van der Waals surface area contributed by atoms with Crippen molar-refractivity contribution in [2.24, 2.45) is 0 Å². The highest BCUT2D eigenvalue weighted by Gasteiger charge is 2.22. The molecule has 0 aromatic carbocycles. The third-order valence-electron chi connectivity index (χ3n) is 2.69. The van der Waals surface area contributed by atoms with Crippen molar-refractivity contribution >= 4 is 5.97 Å². The van der Waals surface area contributed by atoms with Crippen molar-refractivity contribution in [1.82, 2.24) is 5.32 Å². The number of carbonyl (C=O) groups is 1. The van der Waals surface area contributed by atoms with Crippen LogP contribution in [0.4, 0.5) is 0 Å². The lowest BCUT2D eigenvalue weighted by Crippen LogP contribution is -2.42. The maximum Gasteiger partial charge on any atom is 0.306 e. The summed E-state index contributed by atoms with van der Waals surface area (Å²) in [5, 5.41) is 12.8. The van der Waals surface area contributed by atoms with E-state index in [1.54, 1.807) is 0 Å². The minimum Gasteiger partial charge on any atom is -0.469 e. The van der Waals surface area contributed by atoms with Crippen molar-refractivity contribution in [3.8, 4) is 0 Å². The van der Waals surface area contributed by atoms with E-state index in [4.69, 9.17) is 0 Å². The Labute approximate surface area is 84.6 Å². The number of aliphatic hydroxyl groups excluding tert-OH is 1. The lowest BCUT2D eigenvalue weighted by Gasteiger charge is -2.28. The topological polar surface area (TPSA) is 58.6 Å². The Balaban J connectivity index is 2.13. The van der Waals surface area contributed by atoms with Crippen LogP contribution in [0.2, 0.25) is 0 Å². The first-order chi connectivity index (χ1) is 6.74. The summed E-state index contributed by atoms with van der Waals surface area (Å²) in [6.45, 7) is 0.592. The summed E-state index contributed by atoms with van der Waals surface area (Å²) < 4.78 is 4.53. The molecule has 0 amide bonds. The highest BCUT2D eigenvalue weighted by atomic mass is 16.5. The first-order valence-electron chi connectivity index (χ1n) is 5.22. The van der Waals surface area contributed by atoms with Crippen LogP contribution in [0.25, 0.3) is 0 Å². The SMILES string of the molecule is COC(=O)CCNC1CCCCC1O. The Kier molecular flexibility index (Phi) is 4.90. The van der Waals surface area contributed by atoms with E-state index in [1.807, 2.05) is 0 Å². The van der Waals surface area contributed by atoms with E-state index in [-0.39, 0.29) is 18.1 Å². The third kappa shape index (κ3) is 3.64. The molecule has 0 radical (unpaired) electrons. The van der Waals surface area contributed by atoms with Crippen molar-refractivity contribution in [1.29, 1.82) is 0 Å². The van der Waals surface area contributed by atoms with Crippen LogP contribution in [-0.4, -0.2) is 36.9 Å². The Morgan fingerprint density at radius 1 is 1.50 bits per heavy atom. The molecule has 0 spiro atoms. The Morgan fingerprint density at radius 3 is 2.86 bits per heavy atom. The molecule has 2 N–H and O–H groups in total. The molecule has 4 heteroatoms. The zero-order valence-corrected chi connectivity index (χ0v) is 8.66. The largest absolute Gasteiger partial charge is 0.469 e. The standard InChI is InChI=1S/C10H19NO3/c1-14-10(13)6-7-11-8-4-2-3-5-9(8)12/h8-9,11-12H,2-7H2,1H3. The number of ether oxygens (including phenoxy) is 1. The van der Waals surface area contributed by atoms with Crippen LogP contribution >= 0.6 is 0 Å². The van der Waals surface area contributed by atoms with E-state index < -0.39 is 0 Å². The number of esters is 1. The summed E-state index contributed by atoms with van der Waals surface area (Å²) in [4.78, 5) is 10.8. The molecule has 1 rings (SSSR count). The van der Waals surface area contributed by atoms with Gasteiger partial charge in [-0.05, 0) is 12.8 Å². The van der Waals surface area contributed by atoms with E-state index in [0.29, 0.717) is 13.0 Å². The predicted octanol–water partition coefficient (Wildman–Crippen LogP) is 0.443. The molecule has 0 bridgehead atoms. The van der Waals surface area contributed by atoms with Gasteiger partial charge in [0.1, 0.15) is 0 Å². The molecule has 0 aliphatic heterocycles. The zero-order chi connectivity index (χ0) is 10.4. The average molecular weight is 201 g/mol. The Bertz CT molecular complexity index is 184. The molecule has 82 valence electrons. The molecule has 1 aliphatic carbocycles. The number of aliphatic hydroxyl groups is 1. The minimum atomic E-state index is -0.249. The van der Waals surface area contributed by atoms with Gasteiger partial charge in [0.15, 0.2) is 0 Å². The van der Waals surface area contributed by atoms with Crippen LogP contribution in [0.1, 0.15) is 32.1 Å². The Hall–Kier alpha value is -0.610. The summed E-state index contributed by atoms with van der Waals surface area (Å²) in [7, 11) is 1.39. The molecule has 0 aromatic heterocycles. The summed E-state index contributed by atoms with van der Waals surface area (Å²) in [5.74, 6) is -0.206. The maximum atomic E-state index is 10.8. The van der Waals surface area contributed by atoms with Crippen molar-refractivity contribution in [3.63, 3.8) is 0 Å². The van der Waals surface area contributed by atoms with E-state index in [0.717, 1.165) is 25.7 Å². The lowest BCUT2D eigenvalue weighted by molar-refractivity contribution is -0.140. The van der Waals surface area contributed by atoms with Crippen LogP contribution in [0.5, 0.6) is 0 Å². The minimum absolute atomic E-state index is 0.161. The first kappa shape index (κ1) is 11.5. The molecule has 2 unspecified atom stereocenters. The van der Waals surface area contributed by atoms with Gasteiger partial charge in [-0.25, -0.2) is 0 Å². The monoisotopic (exact) mass is 201 g/mol. The van der Waals surface area contributed by atoms with Crippen LogP contribution in [0.3, 0.4) is 0 Å². The van der Waals surface area contributed by atoms with Crippen molar-refractivity contribution in [2.75, 3.05) is 13.7 Å². The van der Waals surface area contributed by atoms with Gasteiger partial charge in [0.2, 0.25) is 0 Å². The Morgan fingerprint density at radius 2 is 2.21 bits per heavy atom. The molecule has 4 nitrogen and oxygen atoms in total. The van der Waals surface area contributed by atoms with Crippen molar-refractivity contribution in [2.45, 2.75) is 44.2 Å². The fourth-order valence-corrected chi connectivity index (χ4v) is 1.81. The van der Waals surface area contributed by atoms with Crippen molar-refractivity contribution < 1.29 is 14.6 Å². The summed E-state index contributed by atoms with van der Waals surface area (Å²) in [6, 6.07) is 0.161. The van der Waals surface area contributed by atoms with E-state index in [2.05, 4.69) is 10.1 Å². The lowest BCUT2D eigenvalue weighted by atomic mass is 9.92. The normalized spacial score (nSPS) is 27.3. The van der Waals surface area contributed by atoms with Crippen LogP contribution in [0.15, 0.2) is 0 Å². The van der Waals surface area contributed by atoms with Gasteiger partial charge in [0, 0.05) is 12.6 Å². The van der Waals surface area contributed by atoms with Gasteiger partial charge in [-0.1, -0.05) is 12.8 Å². The van der Waals surface area contributed by atoms with Gasteiger partial charge in [0.25, 0.3) is 0 Å². The van der Waals surface area contributed by atoms with Gasteiger partial charge < -0.3 is 15.2 Å². The second kappa shape index (κ2) is 5.98. The van der Waals surface area contributed by atoms with Crippen molar-refractivity contribution in [3.05, 3.63) is 0 Å². The highest BCUT2D eigenvalue weighted by molar-refractivity contribution is 5.69. The average Bonchev–Trinajstić information content (AvgIpc) is 2.20. The maximum absolute atomic E-state index is 10.8. The summed E-state index contributed by atoms with van der Waals surface area (Å²) in [6.07, 6.45) is 4.27. The van der Waals surface area contributed by atoms with E-state index >= 15 is 0 Å². The second-order valence-electron chi connectivity index (χ2n) is 3.74. The molecule has 2 atom stereocenters. The number of methoxy groups -OCH3 is 1. The molecular weight excluding hydrogens is 182 g/mol. The predicted molar refractivity (Wildman–Crippen MR) is 52.9 cm³/mol. The fraction of sp³-hybridized carbons (Fsp3) is 0.900. The van der Waals surface area contributed by atoms with Gasteiger partial charge in [-0.3, -0.25) is 4.79 Å². The molecule has 1 fully saturated rings. The highest BCUT2D eigenvalue weighted by Crippen LogP contribution is 2.18. The van der Waals surface area contributed by atoms with Gasteiger partial charge >= 0.3 is 5.97 Å². The van der Waals surface area contributed by atoms with Crippen LogP contribution in [0, 0.1) is 0 Å². The third-order valence-corrected chi connectivity index (χ3v) is 2.69. The number of nitrogens with one attached hydrogen (secondary N) is 1. The molecule has 1 aliphatic rings. The summed E-state index contributed by atoms with van der Waals surface area (Å²) >= 11 is 0. The molecule has 14 heavy (non-hydrogen) atoms. The molecule has 0 aromatic rings. The second-order valence-corrected chi connectivity index (χ2v) is 3.74. The smallest absolute Gasteiger partial charge is 0.306 e. The van der Waals surface area contributed by atoms with Gasteiger partial charge in [0.05, 0.1) is 19.6 Å². The number of hydrogen-bond donors (Lipinski definition) is 2. The van der Waals surface area contributed by atoms with Crippen LogP contribution in [-0.2, 0) is 9.53 Å². The number of carbonyl (C=O) groups excluding carboxylic acids is 1. The molecule has 1 saturated carbocycles. The van der Waals surface area contributed by atoms with Gasteiger partial charge in [-0.15, -0.1) is 0 Å². The van der Waals surface area contributed by atoms with Crippen LogP contribution < -0.4 is 5.32 Å². The zero-order valence-electron chi connectivity index (χ0n) is 8.66. The molecule has 0 saturated heterocycles. The molecular formula is C10H19NO3. The first-order valence-corrected chi connectivity index (χ1v) is 5.22. The number of rotatable bonds is 4. The van der Waals surface area contributed by atoms with E-state index in [1.165, 1.54) is 7.11 Å². The molecule has 0 heterocycles. The van der Waals surface area contributed by atoms with E-state index in [9.17, 15) is 9.90 Å². The quantitative estimate of drug-likeness (QED) is 0.648. The number of hydrogen-bond acceptors (Lipinski definition) is 4. The summed E-state index contributed by atoms with van der Waals surface area (Å²) in [5.41, 5.74) is 0. The van der Waals surface area contributed by atoms with Gasteiger partial charge in [-0.2, -0.15) is 0 Å². The fourth-order valence-electron chi connectivity index (χ4n) is 1.81.